The third-order valence-electron chi connectivity index (χ3n) is 4.29. The van der Waals surface area contributed by atoms with E-state index in [1.807, 2.05) is 60.7 Å². The van der Waals surface area contributed by atoms with Gasteiger partial charge in [0.2, 0.25) is 0 Å². The molecule has 0 radical (unpaired) electrons. The quantitative estimate of drug-likeness (QED) is 0.365. The number of rotatable bonds is 7. The number of benzene rings is 3. The van der Waals surface area contributed by atoms with Crippen LogP contribution in [-0.2, 0) is 17.6 Å². The van der Waals surface area contributed by atoms with E-state index in [1.54, 1.807) is 0 Å². The van der Waals surface area contributed by atoms with Crippen LogP contribution in [0.25, 0.3) is 0 Å². The van der Waals surface area contributed by atoms with Gasteiger partial charge in [0.05, 0.1) is 0 Å². The topological polar surface area (TPSA) is 35.5 Å². The lowest BCUT2D eigenvalue weighted by molar-refractivity contribution is -0.131. The molecular weight excluding hydrogens is 348 g/mol. The predicted octanol–water partition coefficient (Wildman–Crippen LogP) is 6.19. The van der Waals surface area contributed by atoms with Gasteiger partial charge in [0.15, 0.2) is 0 Å². The molecule has 0 aliphatic rings. The minimum atomic E-state index is -0.306. The molecule has 0 aliphatic heterocycles. The number of esters is 1. The Labute approximate surface area is 166 Å². The van der Waals surface area contributed by atoms with E-state index < -0.39 is 0 Å². The maximum absolute atomic E-state index is 11.5. The van der Waals surface area contributed by atoms with Crippen molar-refractivity contribution in [3.63, 3.8) is 0 Å². The summed E-state index contributed by atoms with van der Waals surface area (Å²) < 4.78 is 11.4. The van der Waals surface area contributed by atoms with Crippen molar-refractivity contribution in [2.45, 2.75) is 33.6 Å². The molecule has 0 bridgehead atoms. The van der Waals surface area contributed by atoms with Crippen LogP contribution >= 0.6 is 0 Å². The van der Waals surface area contributed by atoms with E-state index in [9.17, 15) is 4.79 Å². The Bertz CT molecular complexity index is 930. The molecule has 0 spiro atoms. The molecule has 0 N–H and O–H groups in total. The maximum atomic E-state index is 11.5. The van der Waals surface area contributed by atoms with Gasteiger partial charge in [-0.05, 0) is 59.4 Å². The van der Waals surface area contributed by atoms with Crippen molar-refractivity contribution in [2.75, 3.05) is 0 Å². The molecule has 3 heteroatoms. The van der Waals surface area contributed by atoms with E-state index in [4.69, 9.17) is 9.47 Å². The van der Waals surface area contributed by atoms with E-state index in [0.29, 0.717) is 18.1 Å². The maximum Gasteiger partial charge on any atom is 0.308 e. The first-order valence-corrected chi connectivity index (χ1v) is 9.61. The van der Waals surface area contributed by atoms with Gasteiger partial charge in [-0.15, -0.1) is 0 Å². The highest BCUT2D eigenvalue weighted by atomic mass is 16.5. The molecular formula is C25H26O3. The Kier molecular flexibility index (Phi) is 6.49. The van der Waals surface area contributed by atoms with Crippen LogP contribution in [0.4, 0.5) is 0 Å². The van der Waals surface area contributed by atoms with Gasteiger partial charge in [-0.25, -0.2) is 0 Å². The lowest BCUT2D eigenvalue weighted by Crippen LogP contribution is -2.05. The van der Waals surface area contributed by atoms with Crippen LogP contribution in [0.5, 0.6) is 17.2 Å². The van der Waals surface area contributed by atoms with Gasteiger partial charge in [0.25, 0.3) is 0 Å². The standard InChI is InChI=1S/C25H26O3/c1-18(2)14-21-12-13-25(27-19(3)26)22(16-21)15-20-8-7-11-24(17-20)28-23-9-5-4-6-10-23/h4-13,16-18H,14-15H2,1-3H3. The Hall–Kier alpha value is -3.07. The zero-order valence-corrected chi connectivity index (χ0v) is 16.6. The largest absolute Gasteiger partial charge is 0.457 e. The monoisotopic (exact) mass is 374 g/mol. The van der Waals surface area contributed by atoms with Crippen molar-refractivity contribution in [3.8, 4) is 17.2 Å². The normalized spacial score (nSPS) is 10.7. The average molecular weight is 374 g/mol. The molecule has 3 nitrogen and oxygen atoms in total. The summed E-state index contributed by atoms with van der Waals surface area (Å²) in [4.78, 5) is 11.5. The second-order valence-corrected chi connectivity index (χ2v) is 7.37. The molecule has 0 atom stereocenters. The molecule has 0 amide bonds. The second-order valence-electron chi connectivity index (χ2n) is 7.37. The first-order valence-electron chi connectivity index (χ1n) is 9.61. The third kappa shape index (κ3) is 5.71. The highest BCUT2D eigenvalue weighted by molar-refractivity contribution is 5.70. The summed E-state index contributed by atoms with van der Waals surface area (Å²) >= 11 is 0. The van der Waals surface area contributed by atoms with Crippen LogP contribution < -0.4 is 9.47 Å². The van der Waals surface area contributed by atoms with E-state index in [-0.39, 0.29) is 5.97 Å². The molecule has 3 aromatic rings. The van der Waals surface area contributed by atoms with E-state index in [2.05, 4.69) is 26.0 Å². The molecule has 144 valence electrons. The van der Waals surface area contributed by atoms with Gasteiger partial charge < -0.3 is 9.47 Å². The third-order valence-corrected chi connectivity index (χ3v) is 4.29. The Morgan fingerprint density at radius 2 is 1.61 bits per heavy atom. The zero-order valence-electron chi connectivity index (χ0n) is 16.6. The molecule has 0 saturated carbocycles. The van der Waals surface area contributed by atoms with Crippen molar-refractivity contribution in [2.24, 2.45) is 5.92 Å². The van der Waals surface area contributed by atoms with Crippen LogP contribution in [0.2, 0.25) is 0 Å². The van der Waals surface area contributed by atoms with Crippen LogP contribution in [0.3, 0.4) is 0 Å². The number of hydrogen-bond donors (Lipinski definition) is 0. The molecule has 3 aromatic carbocycles. The van der Waals surface area contributed by atoms with Crippen molar-refractivity contribution in [3.05, 3.63) is 89.5 Å². The summed E-state index contributed by atoms with van der Waals surface area (Å²) in [6.07, 6.45) is 1.66. The van der Waals surface area contributed by atoms with E-state index in [0.717, 1.165) is 29.0 Å². The smallest absolute Gasteiger partial charge is 0.308 e. The highest BCUT2D eigenvalue weighted by Gasteiger charge is 2.10. The molecule has 0 saturated heterocycles. The summed E-state index contributed by atoms with van der Waals surface area (Å²) in [6.45, 7) is 5.83. The van der Waals surface area contributed by atoms with Gasteiger partial charge >= 0.3 is 5.97 Å². The predicted molar refractivity (Wildman–Crippen MR) is 112 cm³/mol. The van der Waals surface area contributed by atoms with Gasteiger partial charge in [-0.2, -0.15) is 0 Å². The van der Waals surface area contributed by atoms with Gasteiger partial charge in [0, 0.05) is 13.3 Å². The molecule has 0 aliphatic carbocycles. The minimum Gasteiger partial charge on any atom is -0.457 e. The first kappa shape index (κ1) is 19.7. The molecule has 0 unspecified atom stereocenters. The molecule has 28 heavy (non-hydrogen) atoms. The summed E-state index contributed by atoms with van der Waals surface area (Å²) in [6, 6.07) is 23.8. The summed E-state index contributed by atoms with van der Waals surface area (Å²) in [5.74, 6) is 2.47. The van der Waals surface area contributed by atoms with Crippen molar-refractivity contribution in [1.82, 2.24) is 0 Å². The zero-order chi connectivity index (χ0) is 19.9. The highest BCUT2D eigenvalue weighted by Crippen LogP contribution is 2.27. The molecule has 0 heterocycles. The molecule has 3 rings (SSSR count). The fraction of sp³-hybridized carbons (Fsp3) is 0.240. The van der Waals surface area contributed by atoms with Gasteiger partial charge in [-0.1, -0.05) is 56.3 Å². The Morgan fingerprint density at radius 1 is 0.857 bits per heavy atom. The fourth-order valence-electron chi connectivity index (χ4n) is 3.19. The fourth-order valence-corrected chi connectivity index (χ4v) is 3.19. The molecule has 0 fully saturated rings. The second kappa shape index (κ2) is 9.23. The van der Waals surface area contributed by atoms with E-state index >= 15 is 0 Å². The Balaban J connectivity index is 1.85. The number of carbonyl (C=O) groups excluding carboxylic acids is 1. The number of hydrogen-bond acceptors (Lipinski definition) is 3. The summed E-state index contributed by atoms with van der Waals surface area (Å²) in [5.41, 5.74) is 3.35. The van der Waals surface area contributed by atoms with Crippen LogP contribution in [-0.4, -0.2) is 5.97 Å². The van der Waals surface area contributed by atoms with E-state index in [1.165, 1.54) is 12.5 Å². The van der Waals surface area contributed by atoms with Crippen molar-refractivity contribution in [1.29, 1.82) is 0 Å². The number of para-hydroxylation sites is 1. The number of ether oxygens (including phenoxy) is 2. The lowest BCUT2D eigenvalue weighted by Gasteiger charge is -2.13. The minimum absolute atomic E-state index is 0.306. The lowest BCUT2D eigenvalue weighted by atomic mass is 9.97. The van der Waals surface area contributed by atoms with Crippen molar-refractivity contribution >= 4 is 5.97 Å². The first-order chi connectivity index (χ1) is 13.5. The summed E-state index contributed by atoms with van der Waals surface area (Å²) in [5, 5.41) is 0. The average Bonchev–Trinajstić information content (AvgIpc) is 2.64. The van der Waals surface area contributed by atoms with Gasteiger partial charge in [0.1, 0.15) is 17.2 Å². The van der Waals surface area contributed by atoms with Gasteiger partial charge in [-0.3, -0.25) is 4.79 Å². The van der Waals surface area contributed by atoms with Crippen LogP contribution in [0.1, 0.15) is 37.5 Å². The Morgan fingerprint density at radius 3 is 2.32 bits per heavy atom. The van der Waals surface area contributed by atoms with Crippen LogP contribution in [0.15, 0.2) is 72.8 Å². The molecule has 0 aromatic heterocycles. The SMILES string of the molecule is CC(=O)Oc1ccc(CC(C)C)cc1Cc1cccc(Oc2ccccc2)c1. The van der Waals surface area contributed by atoms with Crippen molar-refractivity contribution < 1.29 is 14.3 Å². The van der Waals surface area contributed by atoms with Crippen LogP contribution in [0, 0.1) is 5.92 Å². The number of carbonyl (C=O) groups is 1. The summed E-state index contributed by atoms with van der Waals surface area (Å²) in [7, 11) is 0.